The largest absolute Gasteiger partial charge is 0.326 e. The van der Waals surface area contributed by atoms with Crippen molar-refractivity contribution in [1.82, 2.24) is 9.80 Å². The normalized spacial score (nSPS) is 22.1. The van der Waals surface area contributed by atoms with Crippen molar-refractivity contribution in [3.63, 3.8) is 0 Å². The lowest BCUT2D eigenvalue weighted by Crippen LogP contribution is -2.55. The lowest BCUT2D eigenvalue weighted by atomic mass is 10.2. The molecule has 0 spiro atoms. The number of amides is 2. The van der Waals surface area contributed by atoms with Crippen molar-refractivity contribution >= 4 is 6.03 Å². The maximum Gasteiger partial charge on any atom is 0.319 e. The van der Waals surface area contributed by atoms with Gasteiger partial charge in [0.25, 0.3) is 0 Å². The number of hydrogen-bond acceptors (Lipinski definition) is 2. The zero-order valence-corrected chi connectivity index (χ0v) is 6.37. The Bertz CT molecular complexity index is 134. The molecule has 0 aromatic carbocycles. The third-order valence-corrected chi connectivity index (χ3v) is 1.67. The average Bonchev–Trinajstić information content (AvgIpc) is 1.82. The lowest BCUT2D eigenvalue weighted by Gasteiger charge is -2.34. The summed E-state index contributed by atoms with van der Waals surface area (Å²) >= 11 is 0. The molecule has 2 N–H and O–H groups in total. The summed E-state index contributed by atoms with van der Waals surface area (Å²) in [6.45, 7) is 1.34. The van der Waals surface area contributed by atoms with E-state index in [0.717, 1.165) is 0 Å². The number of likely N-dealkylation sites (N-methyl/N-ethyl adjacent to an activating group) is 2. The van der Waals surface area contributed by atoms with Crippen molar-refractivity contribution in [2.45, 2.75) is 6.04 Å². The van der Waals surface area contributed by atoms with Gasteiger partial charge >= 0.3 is 6.03 Å². The molecule has 0 aromatic rings. The highest BCUT2D eigenvalue weighted by Gasteiger charge is 2.23. The van der Waals surface area contributed by atoms with Crippen molar-refractivity contribution in [3.8, 4) is 0 Å². The fraction of sp³-hybridized carbons (Fsp3) is 0.833. The van der Waals surface area contributed by atoms with Gasteiger partial charge in [0.15, 0.2) is 0 Å². The van der Waals surface area contributed by atoms with Gasteiger partial charge in [-0.25, -0.2) is 4.79 Å². The Hall–Kier alpha value is -0.770. The third kappa shape index (κ3) is 1.21. The van der Waals surface area contributed by atoms with Crippen LogP contribution in [0.5, 0.6) is 0 Å². The molecule has 2 amide bonds. The predicted molar refractivity (Wildman–Crippen MR) is 38.6 cm³/mol. The summed E-state index contributed by atoms with van der Waals surface area (Å²) in [4.78, 5) is 14.3. The first-order chi connectivity index (χ1) is 4.61. The maximum atomic E-state index is 11.1. The number of rotatable bonds is 0. The smallest absolute Gasteiger partial charge is 0.319 e. The van der Waals surface area contributed by atoms with Gasteiger partial charge < -0.3 is 15.5 Å². The number of nitrogens with two attached hydrogens (primary N) is 1. The van der Waals surface area contributed by atoms with E-state index in [1.807, 2.05) is 0 Å². The first-order valence-corrected chi connectivity index (χ1v) is 3.33. The molecule has 0 atom stereocenters. The van der Waals surface area contributed by atoms with Crippen LogP contribution in [-0.2, 0) is 0 Å². The van der Waals surface area contributed by atoms with Crippen LogP contribution in [0.15, 0.2) is 0 Å². The Morgan fingerprint density at radius 3 is 2.20 bits per heavy atom. The molecule has 4 nitrogen and oxygen atoms in total. The number of nitrogens with zero attached hydrogens (tertiary/aromatic N) is 2. The zero-order valence-electron chi connectivity index (χ0n) is 6.37. The van der Waals surface area contributed by atoms with Crippen LogP contribution < -0.4 is 5.73 Å². The minimum atomic E-state index is 0.0571. The van der Waals surface area contributed by atoms with Crippen LogP contribution in [0.25, 0.3) is 0 Å². The Morgan fingerprint density at radius 2 is 1.80 bits per heavy atom. The highest BCUT2D eigenvalue weighted by molar-refractivity contribution is 5.74. The summed E-state index contributed by atoms with van der Waals surface area (Å²) in [5, 5.41) is 0. The molecule has 0 saturated carbocycles. The van der Waals surface area contributed by atoms with Gasteiger partial charge in [-0.05, 0) is 0 Å². The predicted octanol–water partition coefficient (Wildman–Crippen LogP) is -0.689. The topological polar surface area (TPSA) is 49.6 Å². The minimum Gasteiger partial charge on any atom is -0.326 e. The van der Waals surface area contributed by atoms with Crippen molar-refractivity contribution in [2.24, 2.45) is 5.73 Å². The van der Waals surface area contributed by atoms with Crippen LogP contribution >= 0.6 is 0 Å². The molecule has 10 heavy (non-hydrogen) atoms. The van der Waals surface area contributed by atoms with Crippen molar-refractivity contribution < 1.29 is 4.79 Å². The Kier molecular flexibility index (Phi) is 1.80. The number of hydrogen-bond donors (Lipinski definition) is 1. The van der Waals surface area contributed by atoms with E-state index in [4.69, 9.17) is 5.73 Å². The van der Waals surface area contributed by atoms with Crippen LogP contribution in [0.3, 0.4) is 0 Å². The molecule has 4 heteroatoms. The van der Waals surface area contributed by atoms with Crippen molar-refractivity contribution in [3.05, 3.63) is 0 Å². The summed E-state index contributed by atoms with van der Waals surface area (Å²) < 4.78 is 0. The highest BCUT2D eigenvalue weighted by atomic mass is 16.2. The van der Waals surface area contributed by atoms with Gasteiger partial charge in [0.05, 0.1) is 0 Å². The highest BCUT2D eigenvalue weighted by Crippen LogP contribution is 2.02. The molecule has 58 valence electrons. The maximum absolute atomic E-state index is 11.1. The molecule has 0 aromatic heterocycles. The van der Waals surface area contributed by atoms with E-state index in [2.05, 4.69) is 0 Å². The SMILES string of the molecule is CN1CC(N)CN(C)C1=O. The fourth-order valence-electron chi connectivity index (χ4n) is 1.21. The summed E-state index contributed by atoms with van der Waals surface area (Å²) in [7, 11) is 3.52. The monoisotopic (exact) mass is 143 g/mol. The zero-order chi connectivity index (χ0) is 7.72. The van der Waals surface area contributed by atoms with Gasteiger partial charge in [-0.3, -0.25) is 0 Å². The molecule has 0 aliphatic carbocycles. The van der Waals surface area contributed by atoms with Gasteiger partial charge in [0.2, 0.25) is 0 Å². The van der Waals surface area contributed by atoms with Crippen LogP contribution in [0.4, 0.5) is 4.79 Å². The molecule has 0 bridgehead atoms. The molecule has 1 aliphatic heterocycles. The van der Waals surface area contributed by atoms with Crippen molar-refractivity contribution in [2.75, 3.05) is 27.2 Å². The number of urea groups is 1. The Labute approximate surface area is 60.6 Å². The van der Waals surface area contributed by atoms with Gasteiger partial charge in [0, 0.05) is 33.2 Å². The van der Waals surface area contributed by atoms with Gasteiger partial charge in [-0.2, -0.15) is 0 Å². The van der Waals surface area contributed by atoms with Gasteiger partial charge in [0.1, 0.15) is 0 Å². The standard InChI is InChI=1S/C6H13N3O/c1-8-3-5(7)4-9(2)6(8)10/h5H,3-4,7H2,1-2H3. The quantitative estimate of drug-likeness (QED) is 0.488. The van der Waals surface area contributed by atoms with Gasteiger partial charge in [-0.1, -0.05) is 0 Å². The number of carbonyl (C=O) groups is 1. The van der Waals surface area contributed by atoms with E-state index >= 15 is 0 Å². The molecule has 1 fully saturated rings. The van der Waals surface area contributed by atoms with Crippen LogP contribution in [0.1, 0.15) is 0 Å². The molecular formula is C6H13N3O. The lowest BCUT2D eigenvalue weighted by molar-refractivity contribution is 0.145. The molecule has 1 aliphatic rings. The van der Waals surface area contributed by atoms with E-state index in [0.29, 0.717) is 13.1 Å². The first-order valence-electron chi connectivity index (χ1n) is 3.33. The van der Waals surface area contributed by atoms with E-state index in [1.54, 1.807) is 23.9 Å². The second kappa shape index (κ2) is 2.46. The Morgan fingerprint density at radius 1 is 1.40 bits per heavy atom. The minimum absolute atomic E-state index is 0.0571. The summed E-state index contributed by atoms with van der Waals surface area (Å²) in [6.07, 6.45) is 0. The molecule has 0 radical (unpaired) electrons. The van der Waals surface area contributed by atoms with Crippen LogP contribution in [0.2, 0.25) is 0 Å². The first kappa shape index (κ1) is 7.34. The van der Waals surface area contributed by atoms with Crippen LogP contribution in [0, 0.1) is 0 Å². The van der Waals surface area contributed by atoms with E-state index < -0.39 is 0 Å². The van der Waals surface area contributed by atoms with Crippen LogP contribution in [-0.4, -0.2) is 49.1 Å². The molecule has 1 heterocycles. The summed E-state index contributed by atoms with van der Waals surface area (Å²) in [5.41, 5.74) is 5.64. The average molecular weight is 143 g/mol. The fourth-order valence-corrected chi connectivity index (χ4v) is 1.21. The molecule has 1 saturated heterocycles. The third-order valence-electron chi connectivity index (χ3n) is 1.67. The second-order valence-corrected chi connectivity index (χ2v) is 2.80. The number of carbonyl (C=O) groups excluding carboxylic acids is 1. The molecule has 1 rings (SSSR count). The summed E-state index contributed by atoms with van der Waals surface area (Å²) in [6, 6.07) is 0.161. The molecule has 0 unspecified atom stereocenters. The van der Waals surface area contributed by atoms with Crippen molar-refractivity contribution in [1.29, 1.82) is 0 Å². The van der Waals surface area contributed by atoms with Gasteiger partial charge in [-0.15, -0.1) is 0 Å². The van der Waals surface area contributed by atoms with E-state index in [1.165, 1.54) is 0 Å². The van der Waals surface area contributed by atoms with E-state index in [-0.39, 0.29) is 12.1 Å². The summed E-state index contributed by atoms with van der Waals surface area (Å²) in [5.74, 6) is 0. The Balaban J connectivity index is 2.57. The second-order valence-electron chi connectivity index (χ2n) is 2.80. The van der Waals surface area contributed by atoms with E-state index in [9.17, 15) is 4.79 Å². The molecular weight excluding hydrogens is 130 g/mol.